The van der Waals surface area contributed by atoms with Gasteiger partial charge in [0, 0.05) is 18.3 Å². The summed E-state index contributed by atoms with van der Waals surface area (Å²) in [5, 5.41) is 3.09. The molecular formula is C11H13F3N2. The second-order valence-electron chi connectivity index (χ2n) is 3.98. The van der Waals surface area contributed by atoms with Gasteiger partial charge in [0.2, 0.25) is 0 Å². The van der Waals surface area contributed by atoms with E-state index in [0.717, 1.165) is 30.8 Å². The molecule has 1 atom stereocenters. The van der Waals surface area contributed by atoms with Crippen LogP contribution in [0.25, 0.3) is 0 Å². The Kier molecular flexibility index (Phi) is 2.80. The minimum Gasteiger partial charge on any atom is -0.385 e. The highest BCUT2D eigenvalue weighted by Crippen LogP contribution is 2.35. The molecule has 3 N–H and O–H groups in total. The van der Waals surface area contributed by atoms with Crippen LogP contribution in [0.1, 0.15) is 30.0 Å². The molecule has 0 fully saturated rings. The van der Waals surface area contributed by atoms with E-state index in [1.165, 1.54) is 6.07 Å². The van der Waals surface area contributed by atoms with Gasteiger partial charge in [-0.05, 0) is 36.6 Å². The molecule has 0 aliphatic carbocycles. The van der Waals surface area contributed by atoms with Crippen molar-refractivity contribution >= 4 is 5.69 Å². The molecule has 0 amide bonds. The Morgan fingerprint density at radius 3 is 2.75 bits per heavy atom. The highest BCUT2D eigenvalue weighted by molar-refractivity contribution is 5.55. The molecule has 2 nitrogen and oxygen atoms in total. The van der Waals surface area contributed by atoms with Gasteiger partial charge in [0.15, 0.2) is 0 Å². The van der Waals surface area contributed by atoms with Crippen LogP contribution in [0.2, 0.25) is 0 Å². The summed E-state index contributed by atoms with van der Waals surface area (Å²) in [5.74, 6) is 0. The molecule has 1 aromatic carbocycles. The molecule has 2 rings (SSSR count). The molecule has 16 heavy (non-hydrogen) atoms. The first-order chi connectivity index (χ1) is 7.48. The van der Waals surface area contributed by atoms with E-state index in [-0.39, 0.29) is 6.04 Å². The first-order valence-electron chi connectivity index (χ1n) is 5.19. The minimum atomic E-state index is -4.30. The molecule has 1 aliphatic rings. The fraction of sp³-hybridized carbons (Fsp3) is 0.455. The van der Waals surface area contributed by atoms with Crippen LogP contribution in [-0.2, 0) is 6.18 Å². The Labute approximate surface area is 91.6 Å². The molecule has 0 saturated carbocycles. The van der Waals surface area contributed by atoms with E-state index in [2.05, 4.69) is 5.32 Å². The number of halogens is 3. The third-order valence-electron chi connectivity index (χ3n) is 2.79. The third kappa shape index (κ3) is 2.14. The number of hydrogen-bond donors (Lipinski definition) is 2. The normalized spacial score (nSPS) is 20.9. The summed E-state index contributed by atoms with van der Waals surface area (Å²) in [6, 6.07) is 3.39. The minimum absolute atomic E-state index is 0.313. The monoisotopic (exact) mass is 230 g/mol. The van der Waals surface area contributed by atoms with E-state index in [0.29, 0.717) is 12.0 Å². The van der Waals surface area contributed by atoms with Gasteiger partial charge >= 0.3 is 6.18 Å². The molecule has 0 saturated heterocycles. The van der Waals surface area contributed by atoms with Gasteiger partial charge in [0.1, 0.15) is 0 Å². The number of nitrogens with two attached hydrogens (primary N) is 1. The molecule has 0 radical (unpaired) electrons. The summed E-state index contributed by atoms with van der Waals surface area (Å²) < 4.78 is 37.6. The van der Waals surface area contributed by atoms with Gasteiger partial charge in [-0.15, -0.1) is 0 Å². The number of fused-ring (bicyclic) bond motifs is 1. The molecular weight excluding hydrogens is 217 g/mol. The van der Waals surface area contributed by atoms with Gasteiger partial charge in [0.25, 0.3) is 0 Å². The van der Waals surface area contributed by atoms with Crippen LogP contribution in [0.4, 0.5) is 18.9 Å². The van der Waals surface area contributed by atoms with E-state index in [1.807, 2.05) is 0 Å². The lowest BCUT2D eigenvalue weighted by atomic mass is 10.00. The van der Waals surface area contributed by atoms with Crippen LogP contribution in [0.15, 0.2) is 18.2 Å². The second-order valence-corrected chi connectivity index (χ2v) is 3.98. The van der Waals surface area contributed by atoms with E-state index in [9.17, 15) is 13.2 Å². The number of benzene rings is 1. The Morgan fingerprint density at radius 2 is 2.06 bits per heavy atom. The Hall–Kier alpha value is -1.23. The summed E-state index contributed by atoms with van der Waals surface area (Å²) in [5.41, 5.74) is 6.50. The summed E-state index contributed by atoms with van der Waals surface area (Å²) in [6.45, 7) is 0.756. The van der Waals surface area contributed by atoms with Crippen molar-refractivity contribution in [3.63, 3.8) is 0 Å². The molecule has 1 heterocycles. The van der Waals surface area contributed by atoms with Crippen molar-refractivity contribution in [1.82, 2.24) is 0 Å². The summed E-state index contributed by atoms with van der Waals surface area (Å²) >= 11 is 0. The van der Waals surface area contributed by atoms with Crippen molar-refractivity contribution < 1.29 is 13.2 Å². The second kappa shape index (κ2) is 3.97. The van der Waals surface area contributed by atoms with Crippen LogP contribution < -0.4 is 11.1 Å². The highest BCUT2D eigenvalue weighted by Gasteiger charge is 2.31. The van der Waals surface area contributed by atoms with Crippen molar-refractivity contribution in [1.29, 1.82) is 0 Å². The Bertz CT molecular complexity index is 387. The van der Waals surface area contributed by atoms with Gasteiger partial charge in [-0.1, -0.05) is 0 Å². The fourth-order valence-electron chi connectivity index (χ4n) is 1.91. The summed E-state index contributed by atoms with van der Waals surface area (Å²) in [6.07, 6.45) is -2.72. The van der Waals surface area contributed by atoms with E-state index in [1.54, 1.807) is 0 Å². The standard InChI is InChI=1S/C11H13F3N2/c12-11(13,14)7-3-4-10-8(6-7)9(15)2-1-5-16-10/h3-4,6,9,16H,1-2,5,15H2. The number of rotatable bonds is 0. The van der Waals surface area contributed by atoms with Gasteiger partial charge in [0.05, 0.1) is 5.56 Å². The van der Waals surface area contributed by atoms with Gasteiger partial charge < -0.3 is 11.1 Å². The molecule has 1 aromatic rings. The predicted molar refractivity (Wildman–Crippen MR) is 56.1 cm³/mol. The summed E-state index contributed by atoms with van der Waals surface area (Å²) in [4.78, 5) is 0. The van der Waals surface area contributed by atoms with Crippen molar-refractivity contribution in [3.8, 4) is 0 Å². The van der Waals surface area contributed by atoms with Crippen molar-refractivity contribution in [3.05, 3.63) is 29.3 Å². The molecule has 1 unspecified atom stereocenters. The number of anilines is 1. The maximum absolute atomic E-state index is 12.5. The van der Waals surface area contributed by atoms with Crippen molar-refractivity contribution in [2.24, 2.45) is 5.73 Å². The third-order valence-corrected chi connectivity index (χ3v) is 2.79. The Morgan fingerprint density at radius 1 is 1.31 bits per heavy atom. The lowest BCUT2D eigenvalue weighted by molar-refractivity contribution is -0.137. The van der Waals surface area contributed by atoms with Crippen molar-refractivity contribution in [2.45, 2.75) is 25.1 Å². The zero-order valence-electron chi connectivity index (χ0n) is 8.64. The maximum atomic E-state index is 12.5. The van der Waals surface area contributed by atoms with Crippen LogP contribution >= 0.6 is 0 Å². The Balaban J connectivity index is 2.43. The molecule has 5 heteroatoms. The molecule has 0 aromatic heterocycles. The average Bonchev–Trinajstić information content (AvgIpc) is 2.39. The van der Waals surface area contributed by atoms with E-state index >= 15 is 0 Å². The largest absolute Gasteiger partial charge is 0.416 e. The fourth-order valence-corrected chi connectivity index (χ4v) is 1.91. The predicted octanol–water partition coefficient (Wildman–Crippen LogP) is 2.91. The average molecular weight is 230 g/mol. The van der Waals surface area contributed by atoms with Crippen LogP contribution in [0.5, 0.6) is 0 Å². The number of hydrogen-bond acceptors (Lipinski definition) is 2. The van der Waals surface area contributed by atoms with Crippen LogP contribution in [0, 0.1) is 0 Å². The summed E-state index contributed by atoms with van der Waals surface area (Å²) in [7, 11) is 0. The SMILES string of the molecule is NC1CCCNc2ccc(C(F)(F)F)cc21. The van der Waals surface area contributed by atoms with Gasteiger partial charge in [-0.25, -0.2) is 0 Å². The van der Waals surface area contributed by atoms with E-state index < -0.39 is 11.7 Å². The number of alkyl halides is 3. The zero-order chi connectivity index (χ0) is 11.8. The quantitative estimate of drug-likeness (QED) is 0.719. The molecule has 0 spiro atoms. The van der Waals surface area contributed by atoms with Crippen molar-refractivity contribution in [2.75, 3.05) is 11.9 Å². The smallest absolute Gasteiger partial charge is 0.385 e. The van der Waals surface area contributed by atoms with Gasteiger partial charge in [-0.2, -0.15) is 13.2 Å². The zero-order valence-corrected chi connectivity index (χ0v) is 8.64. The van der Waals surface area contributed by atoms with Gasteiger partial charge in [-0.3, -0.25) is 0 Å². The topological polar surface area (TPSA) is 38.0 Å². The molecule has 0 bridgehead atoms. The van der Waals surface area contributed by atoms with Crippen LogP contribution in [-0.4, -0.2) is 6.54 Å². The molecule has 1 aliphatic heterocycles. The van der Waals surface area contributed by atoms with E-state index in [4.69, 9.17) is 5.73 Å². The lowest BCUT2D eigenvalue weighted by Crippen LogP contribution is -2.12. The maximum Gasteiger partial charge on any atom is 0.416 e. The first kappa shape index (κ1) is 11.3. The first-order valence-corrected chi connectivity index (χ1v) is 5.19. The lowest BCUT2D eigenvalue weighted by Gasteiger charge is -2.15. The molecule has 88 valence electrons. The number of nitrogens with one attached hydrogen (secondary N) is 1. The van der Waals surface area contributed by atoms with Crippen LogP contribution in [0.3, 0.4) is 0 Å². The highest BCUT2D eigenvalue weighted by atomic mass is 19.4.